The molecular weight excluding hydrogens is 278 g/mol. The minimum Gasteiger partial charge on any atom is -0.366 e. The maximum atomic E-state index is 11.0. The van der Waals surface area contributed by atoms with Gasteiger partial charge in [0.2, 0.25) is 5.91 Å². The highest BCUT2D eigenvalue weighted by molar-refractivity contribution is 6.31. The molecule has 2 aromatic rings. The summed E-state index contributed by atoms with van der Waals surface area (Å²) in [5.74, 6) is 0.322. The van der Waals surface area contributed by atoms with E-state index in [2.05, 4.69) is 15.4 Å². The molecule has 7 heteroatoms. The van der Waals surface area contributed by atoms with Crippen molar-refractivity contribution in [2.45, 2.75) is 13.0 Å². The zero-order valence-corrected chi connectivity index (χ0v) is 11.9. The lowest BCUT2D eigenvalue weighted by molar-refractivity contribution is 0.100. The van der Waals surface area contributed by atoms with Crippen LogP contribution in [0.2, 0.25) is 5.02 Å². The van der Waals surface area contributed by atoms with Crippen LogP contribution in [0.25, 0.3) is 0 Å². The average molecular weight is 294 g/mol. The number of hydrogen-bond acceptors (Lipinski definition) is 4. The molecule has 1 heterocycles. The molecule has 0 radical (unpaired) electrons. The molecule has 3 N–H and O–H groups in total. The quantitative estimate of drug-likeness (QED) is 0.775. The molecule has 0 saturated heterocycles. The third-order valence-electron chi connectivity index (χ3n) is 2.83. The highest BCUT2D eigenvalue weighted by Crippen LogP contribution is 2.17. The summed E-state index contributed by atoms with van der Waals surface area (Å²) in [5.41, 5.74) is 6.53. The molecule has 0 fully saturated rings. The molecule has 20 heavy (non-hydrogen) atoms. The van der Waals surface area contributed by atoms with Gasteiger partial charge in [0, 0.05) is 37.1 Å². The van der Waals surface area contributed by atoms with Gasteiger partial charge >= 0.3 is 0 Å². The van der Waals surface area contributed by atoms with Crippen molar-refractivity contribution in [2.24, 2.45) is 12.8 Å². The van der Waals surface area contributed by atoms with E-state index in [0.717, 1.165) is 24.4 Å². The van der Waals surface area contributed by atoms with E-state index in [-0.39, 0.29) is 0 Å². The average Bonchev–Trinajstić information content (AvgIpc) is 2.81. The molecule has 0 unspecified atom stereocenters. The number of nitrogens with two attached hydrogens (primary N) is 1. The van der Waals surface area contributed by atoms with E-state index in [9.17, 15) is 4.79 Å². The minimum absolute atomic E-state index is 0.413. The van der Waals surface area contributed by atoms with Gasteiger partial charge in [0.25, 0.3) is 0 Å². The van der Waals surface area contributed by atoms with Crippen molar-refractivity contribution in [3.05, 3.63) is 46.5 Å². The van der Waals surface area contributed by atoms with Crippen LogP contribution in [-0.4, -0.2) is 27.2 Å². The van der Waals surface area contributed by atoms with Crippen LogP contribution in [0.15, 0.2) is 24.5 Å². The Balaban J connectivity index is 1.83. The molecule has 0 bridgehead atoms. The van der Waals surface area contributed by atoms with E-state index in [0.29, 0.717) is 17.1 Å². The van der Waals surface area contributed by atoms with E-state index < -0.39 is 5.91 Å². The van der Waals surface area contributed by atoms with Crippen molar-refractivity contribution in [3.8, 4) is 0 Å². The van der Waals surface area contributed by atoms with E-state index in [4.69, 9.17) is 17.3 Å². The van der Waals surface area contributed by atoms with Gasteiger partial charge in [0.1, 0.15) is 6.33 Å². The fourth-order valence-electron chi connectivity index (χ4n) is 1.77. The van der Waals surface area contributed by atoms with E-state index in [1.807, 2.05) is 7.05 Å². The summed E-state index contributed by atoms with van der Waals surface area (Å²) in [6, 6.07) is 5.06. The molecular formula is C13H16ClN5O. The summed E-state index contributed by atoms with van der Waals surface area (Å²) >= 11 is 6.10. The molecule has 6 nitrogen and oxygen atoms in total. The second-order valence-electron chi connectivity index (χ2n) is 4.43. The van der Waals surface area contributed by atoms with Gasteiger partial charge in [-0.15, -0.1) is 0 Å². The zero-order valence-electron chi connectivity index (χ0n) is 11.1. The minimum atomic E-state index is -0.479. The Hall–Kier alpha value is -1.92. The number of primary amides is 1. The summed E-state index contributed by atoms with van der Waals surface area (Å²) in [6.45, 7) is 1.36. The maximum Gasteiger partial charge on any atom is 0.248 e. The van der Waals surface area contributed by atoms with Crippen LogP contribution in [0, 0.1) is 0 Å². The lowest BCUT2D eigenvalue weighted by Gasteiger charge is -2.07. The van der Waals surface area contributed by atoms with Crippen molar-refractivity contribution in [1.29, 1.82) is 0 Å². The van der Waals surface area contributed by atoms with E-state index >= 15 is 0 Å². The van der Waals surface area contributed by atoms with Crippen LogP contribution >= 0.6 is 11.6 Å². The Morgan fingerprint density at radius 3 is 2.90 bits per heavy atom. The fraction of sp³-hybridized carbons (Fsp3) is 0.308. The number of carbonyl (C=O) groups is 1. The fourth-order valence-corrected chi connectivity index (χ4v) is 2.01. The third kappa shape index (κ3) is 3.79. The van der Waals surface area contributed by atoms with Gasteiger partial charge in [-0.05, 0) is 17.7 Å². The predicted octanol–water partition coefficient (Wildman–Crippen LogP) is 0.900. The number of nitrogens with zero attached hydrogens (tertiary/aromatic N) is 3. The number of halogens is 1. The van der Waals surface area contributed by atoms with Crippen LogP contribution in [0.1, 0.15) is 21.7 Å². The Morgan fingerprint density at radius 1 is 1.50 bits per heavy atom. The molecule has 0 spiro atoms. The SMILES string of the molecule is Cn1cnc(CCNCc2ccc(C(N)=O)cc2Cl)n1. The van der Waals surface area contributed by atoms with Gasteiger partial charge in [-0.1, -0.05) is 17.7 Å². The van der Waals surface area contributed by atoms with Crippen LogP contribution in [0.3, 0.4) is 0 Å². The number of aryl methyl sites for hydroxylation is 1. The van der Waals surface area contributed by atoms with Crippen molar-refractivity contribution < 1.29 is 4.79 Å². The number of nitrogens with one attached hydrogen (secondary N) is 1. The number of hydrogen-bond donors (Lipinski definition) is 2. The molecule has 0 saturated carbocycles. The number of rotatable bonds is 6. The monoisotopic (exact) mass is 293 g/mol. The summed E-state index contributed by atoms with van der Waals surface area (Å²) < 4.78 is 1.68. The first kappa shape index (κ1) is 14.5. The van der Waals surface area contributed by atoms with Gasteiger partial charge in [-0.3, -0.25) is 9.48 Å². The van der Waals surface area contributed by atoms with Gasteiger partial charge in [-0.2, -0.15) is 5.10 Å². The van der Waals surface area contributed by atoms with Gasteiger partial charge < -0.3 is 11.1 Å². The molecule has 106 valence electrons. The van der Waals surface area contributed by atoms with E-state index in [1.165, 1.54) is 0 Å². The van der Waals surface area contributed by atoms with Crippen molar-refractivity contribution in [1.82, 2.24) is 20.1 Å². The van der Waals surface area contributed by atoms with Gasteiger partial charge in [0.05, 0.1) is 0 Å². The van der Waals surface area contributed by atoms with Crippen LogP contribution < -0.4 is 11.1 Å². The summed E-state index contributed by atoms with van der Waals surface area (Å²) in [5, 5.41) is 7.98. The summed E-state index contributed by atoms with van der Waals surface area (Å²) in [6.07, 6.45) is 2.42. The Labute approximate surface area is 121 Å². The van der Waals surface area contributed by atoms with Crippen LogP contribution in [-0.2, 0) is 20.0 Å². The Morgan fingerprint density at radius 2 is 2.30 bits per heavy atom. The van der Waals surface area contributed by atoms with Crippen molar-refractivity contribution >= 4 is 17.5 Å². The maximum absolute atomic E-state index is 11.0. The molecule has 2 rings (SSSR count). The standard InChI is InChI=1S/C13H16ClN5O/c1-19-8-17-12(18-19)4-5-16-7-10-3-2-9(13(15)20)6-11(10)14/h2-3,6,8,16H,4-5,7H2,1H3,(H2,15,20). The first-order chi connectivity index (χ1) is 9.56. The second-order valence-corrected chi connectivity index (χ2v) is 4.84. The summed E-state index contributed by atoms with van der Waals surface area (Å²) in [7, 11) is 1.84. The first-order valence-corrected chi connectivity index (χ1v) is 6.57. The Bertz CT molecular complexity index is 611. The van der Waals surface area contributed by atoms with Crippen LogP contribution in [0.4, 0.5) is 0 Å². The van der Waals surface area contributed by atoms with Crippen LogP contribution in [0.5, 0.6) is 0 Å². The molecule has 0 aliphatic carbocycles. The lowest BCUT2D eigenvalue weighted by Crippen LogP contribution is -2.18. The highest BCUT2D eigenvalue weighted by Gasteiger charge is 2.05. The zero-order chi connectivity index (χ0) is 14.5. The number of aromatic nitrogens is 3. The van der Waals surface area contributed by atoms with Crippen molar-refractivity contribution in [2.75, 3.05) is 6.54 Å². The number of benzene rings is 1. The Kier molecular flexibility index (Phi) is 4.70. The highest BCUT2D eigenvalue weighted by atomic mass is 35.5. The largest absolute Gasteiger partial charge is 0.366 e. The molecule has 1 aromatic carbocycles. The van der Waals surface area contributed by atoms with E-state index in [1.54, 1.807) is 29.2 Å². The lowest BCUT2D eigenvalue weighted by atomic mass is 10.1. The van der Waals surface area contributed by atoms with Crippen molar-refractivity contribution in [3.63, 3.8) is 0 Å². The second kappa shape index (κ2) is 6.49. The van der Waals surface area contributed by atoms with Gasteiger partial charge in [0.15, 0.2) is 5.82 Å². The third-order valence-corrected chi connectivity index (χ3v) is 3.18. The molecule has 0 aliphatic rings. The molecule has 0 aliphatic heterocycles. The number of carbonyl (C=O) groups excluding carboxylic acids is 1. The smallest absolute Gasteiger partial charge is 0.248 e. The predicted molar refractivity (Wildman–Crippen MR) is 76.4 cm³/mol. The molecule has 1 aromatic heterocycles. The molecule has 0 atom stereocenters. The first-order valence-electron chi connectivity index (χ1n) is 6.19. The normalized spacial score (nSPS) is 10.7. The topological polar surface area (TPSA) is 85.8 Å². The number of amides is 1. The molecule has 1 amide bonds. The summed E-state index contributed by atoms with van der Waals surface area (Å²) in [4.78, 5) is 15.2. The van der Waals surface area contributed by atoms with Gasteiger partial charge in [-0.25, -0.2) is 4.98 Å².